The lowest BCUT2D eigenvalue weighted by Crippen LogP contribution is -2.41. The van der Waals surface area contributed by atoms with E-state index in [9.17, 15) is 13.2 Å². The van der Waals surface area contributed by atoms with Gasteiger partial charge in [0.05, 0.1) is 24.7 Å². The first-order valence-corrected chi connectivity index (χ1v) is 15.6. The van der Waals surface area contributed by atoms with Gasteiger partial charge in [-0.15, -0.1) is 0 Å². The second-order valence-corrected chi connectivity index (χ2v) is 12.1. The maximum Gasteiger partial charge on any atom is 0.323 e. The van der Waals surface area contributed by atoms with E-state index in [-0.39, 0.29) is 25.1 Å². The molecule has 2 heterocycles. The first-order chi connectivity index (χ1) is 19.7. The summed E-state index contributed by atoms with van der Waals surface area (Å²) in [5.74, 6) is 0.307. The molecule has 2 aromatic rings. The van der Waals surface area contributed by atoms with Gasteiger partial charge in [-0.2, -0.15) is 0 Å². The van der Waals surface area contributed by atoms with Crippen molar-refractivity contribution in [3.63, 3.8) is 0 Å². The van der Waals surface area contributed by atoms with Crippen LogP contribution < -0.4 is 14.8 Å². The topological polar surface area (TPSA) is 138 Å². The summed E-state index contributed by atoms with van der Waals surface area (Å²) < 4.78 is 39.2. The molecule has 1 saturated heterocycles. The second-order valence-electron chi connectivity index (χ2n) is 10.2. The van der Waals surface area contributed by atoms with E-state index in [2.05, 4.69) is 9.89 Å². The molecule has 11 heteroatoms. The highest BCUT2D eigenvalue weighted by Crippen LogP contribution is 2.29. The van der Waals surface area contributed by atoms with Gasteiger partial charge in [-0.1, -0.05) is 30.4 Å². The number of carbonyl (C=O) groups is 1. The van der Waals surface area contributed by atoms with Crippen LogP contribution in [0.15, 0.2) is 53.5 Å². The number of likely N-dealkylation sites (tertiary alicyclic amines) is 1. The molecule has 0 amide bonds. The number of rotatable bonds is 11. The maximum absolute atomic E-state index is 13.4. The summed E-state index contributed by atoms with van der Waals surface area (Å²) >= 11 is 0. The number of piperidine rings is 1. The van der Waals surface area contributed by atoms with Crippen LogP contribution in [0.4, 0.5) is 5.69 Å². The zero-order valence-electron chi connectivity index (χ0n) is 23.7. The van der Waals surface area contributed by atoms with Crippen LogP contribution in [0.25, 0.3) is 6.08 Å². The summed E-state index contributed by atoms with van der Waals surface area (Å²) in [6.45, 7) is 6.37. The van der Waals surface area contributed by atoms with Crippen LogP contribution in [0.2, 0.25) is 0 Å². The van der Waals surface area contributed by atoms with E-state index in [0.717, 1.165) is 56.4 Å². The quantitative estimate of drug-likeness (QED) is 0.234. The molecular formula is C30H39N5O5S. The van der Waals surface area contributed by atoms with Gasteiger partial charge in [-0.3, -0.25) is 19.5 Å². The molecule has 41 heavy (non-hydrogen) atoms. The number of aryl methyl sites for hydroxylation is 1. The van der Waals surface area contributed by atoms with Gasteiger partial charge in [0.2, 0.25) is 10.0 Å². The molecule has 220 valence electrons. The summed E-state index contributed by atoms with van der Waals surface area (Å²) in [4.78, 5) is 19.1. The van der Waals surface area contributed by atoms with Crippen molar-refractivity contribution in [1.29, 1.82) is 5.41 Å². The number of nitrogens with two attached hydrogens (primary N) is 1. The minimum absolute atomic E-state index is 0.00593. The van der Waals surface area contributed by atoms with Crippen molar-refractivity contribution in [2.75, 3.05) is 42.8 Å². The fourth-order valence-electron chi connectivity index (χ4n) is 5.02. The Bertz CT molecular complexity index is 1410. The Hall–Kier alpha value is -3.86. The Morgan fingerprint density at radius 2 is 2.00 bits per heavy atom. The zero-order chi connectivity index (χ0) is 29.4. The minimum Gasteiger partial charge on any atom is -0.490 e. The third-order valence-electron chi connectivity index (χ3n) is 7.12. The number of esters is 1. The van der Waals surface area contributed by atoms with Crippen LogP contribution in [0.1, 0.15) is 49.3 Å². The van der Waals surface area contributed by atoms with Gasteiger partial charge in [0, 0.05) is 44.5 Å². The predicted molar refractivity (Wildman–Crippen MR) is 162 cm³/mol. The van der Waals surface area contributed by atoms with E-state index in [1.807, 2.05) is 13.0 Å². The monoisotopic (exact) mass is 581 g/mol. The van der Waals surface area contributed by atoms with Crippen molar-refractivity contribution in [1.82, 2.24) is 4.90 Å². The number of anilines is 1. The van der Waals surface area contributed by atoms with Crippen LogP contribution in [0.3, 0.4) is 0 Å². The van der Waals surface area contributed by atoms with Crippen LogP contribution in [-0.2, 0) is 19.6 Å². The molecule has 0 bridgehead atoms. The lowest BCUT2D eigenvalue weighted by molar-refractivity contribution is -0.139. The number of ether oxygens (including phenoxy) is 2. The number of benzene rings is 2. The highest BCUT2D eigenvalue weighted by Gasteiger charge is 2.27. The fraction of sp³-hybridized carbons (Fsp3) is 0.433. The summed E-state index contributed by atoms with van der Waals surface area (Å²) in [5.41, 5.74) is 8.17. The first-order valence-electron chi connectivity index (χ1n) is 14.0. The van der Waals surface area contributed by atoms with E-state index >= 15 is 0 Å². The second kappa shape index (κ2) is 13.7. The molecular weight excluding hydrogens is 542 g/mol. The zero-order valence-corrected chi connectivity index (χ0v) is 24.5. The molecule has 2 aromatic carbocycles. The van der Waals surface area contributed by atoms with E-state index < -0.39 is 21.7 Å². The van der Waals surface area contributed by atoms with E-state index in [1.54, 1.807) is 55.5 Å². The van der Waals surface area contributed by atoms with Crippen LogP contribution >= 0.6 is 0 Å². The Balaban J connectivity index is 1.49. The van der Waals surface area contributed by atoms with Gasteiger partial charge in [0.25, 0.3) is 0 Å². The number of nitrogens with zero attached hydrogens (tertiary/aromatic N) is 3. The Morgan fingerprint density at radius 3 is 2.66 bits per heavy atom. The third-order valence-corrected chi connectivity index (χ3v) is 8.75. The van der Waals surface area contributed by atoms with Gasteiger partial charge >= 0.3 is 5.97 Å². The predicted octanol–water partition coefficient (Wildman–Crippen LogP) is 3.73. The standard InChI is InChI=1S/C30H39N5O5S/c1-3-39-29(36)21-41(37,38)35(16-6-8-23-7-4-9-24(20-23)30(31)32)25-11-12-27(22(2)19-25)40-26-13-17-34(18-14-26)28-10-5-15-33-28/h4,6-9,11-12,19-20,26H,3,5,10,13-18,21H2,1-2H3,(H3,31,32). The number of aliphatic imine (C=N–C) groups is 1. The van der Waals surface area contributed by atoms with Gasteiger partial charge in [-0.05, 0) is 55.7 Å². The first kappa shape index (κ1) is 30.1. The molecule has 0 aliphatic carbocycles. The molecule has 1 fully saturated rings. The van der Waals surface area contributed by atoms with Gasteiger partial charge in [-0.25, -0.2) is 8.42 Å². The molecule has 0 radical (unpaired) electrons. The smallest absolute Gasteiger partial charge is 0.323 e. The average molecular weight is 582 g/mol. The van der Waals surface area contributed by atoms with Crippen molar-refractivity contribution in [2.45, 2.75) is 45.6 Å². The molecule has 10 nitrogen and oxygen atoms in total. The van der Waals surface area contributed by atoms with Gasteiger partial charge in [0.1, 0.15) is 17.7 Å². The number of carbonyl (C=O) groups excluding carboxylic acids is 1. The highest BCUT2D eigenvalue weighted by atomic mass is 32.2. The molecule has 0 spiro atoms. The average Bonchev–Trinajstić information content (AvgIpc) is 3.48. The summed E-state index contributed by atoms with van der Waals surface area (Å²) in [6.07, 6.45) is 7.52. The maximum atomic E-state index is 13.4. The molecule has 4 rings (SSSR count). The Labute approximate surface area is 242 Å². The number of hydrogen-bond donors (Lipinski definition) is 2. The summed E-state index contributed by atoms with van der Waals surface area (Å²) in [5, 5.41) is 7.64. The van der Waals surface area contributed by atoms with Crippen LogP contribution in [0, 0.1) is 12.3 Å². The Morgan fingerprint density at radius 1 is 1.22 bits per heavy atom. The van der Waals surface area contributed by atoms with Crippen LogP contribution in [0.5, 0.6) is 5.75 Å². The number of nitrogens with one attached hydrogen (secondary N) is 1. The number of amidine groups is 2. The molecule has 2 aliphatic heterocycles. The minimum atomic E-state index is -4.05. The summed E-state index contributed by atoms with van der Waals surface area (Å²) in [7, 11) is -4.05. The van der Waals surface area contributed by atoms with Gasteiger partial charge in [0.15, 0.2) is 5.75 Å². The Kier molecular flexibility index (Phi) is 10.0. The van der Waals surface area contributed by atoms with Crippen molar-refractivity contribution >= 4 is 39.4 Å². The van der Waals surface area contributed by atoms with E-state index in [1.165, 1.54) is 10.1 Å². The van der Waals surface area contributed by atoms with Crippen molar-refractivity contribution in [2.24, 2.45) is 10.7 Å². The lowest BCUT2D eigenvalue weighted by atomic mass is 10.1. The third kappa shape index (κ3) is 8.09. The molecule has 2 aliphatic rings. The fourth-order valence-corrected chi connectivity index (χ4v) is 6.30. The van der Waals surface area contributed by atoms with Gasteiger partial charge < -0.3 is 20.1 Å². The lowest BCUT2D eigenvalue weighted by Gasteiger charge is -2.34. The van der Waals surface area contributed by atoms with Crippen molar-refractivity contribution < 1.29 is 22.7 Å². The molecule has 0 atom stereocenters. The normalized spacial score (nSPS) is 16.0. The highest BCUT2D eigenvalue weighted by molar-refractivity contribution is 7.93. The van der Waals surface area contributed by atoms with Crippen molar-refractivity contribution in [3.05, 3.63) is 65.2 Å². The number of sulfonamides is 1. The van der Waals surface area contributed by atoms with E-state index in [0.29, 0.717) is 17.0 Å². The summed E-state index contributed by atoms with van der Waals surface area (Å²) in [6, 6.07) is 12.4. The van der Waals surface area contributed by atoms with E-state index in [4.69, 9.17) is 20.6 Å². The molecule has 3 N–H and O–H groups in total. The molecule has 0 saturated carbocycles. The largest absolute Gasteiger partial charge is 0.490 e. The number of nitrogen functional groups attached to an aromatic ring is 1. The molecule has 0 aromatic heterocycles. The molecule has 0 unspecified atom stereocenters. The van der Waals surface area contributed by atoms with Crippen LogP contribution in [-0.4, -0.2) is 75.6 Å². The van der Waals surface area contributed by atoms with Crippen molar-refractivity contribution in [3.8, 4) is 5.75 Å². The SMILES string of the molecule is CCOC(=O)CS(=O)(=O)N(CC=Cc1cccc(C(=N)N)c1)c1ccc(OC2CCN(C3=NCCC3)CC2)c(C)c1. The number of hydrogen-bond acceptors (Lipinski definition) is 8.